The molecular formula is C10H18N4. The number of aromatic nitrogens is 1. The van der Waals surface area contributed by atoms with Gasteiger partial charge in [0.2, 0.25) is 0 Å². The number of rotatable bonds is 3. The monoisotopic (exact) mass is 194 g/mol. The first-order valence-electron chi connectivity index (χ1n) is 5.13. The molecule has 1 aliphatic rings. The van der Waals surface area contributed by atoms with E-state index in [-0.39, 0.29) is 0 Å². The van der Waals surface area contributed by atoms with Crippen LogP contribution < -0.4 is 16.2 Å². The molecule has 4 N–H and O–H groups in total. The molecule has 1 aromatic heterocycles. The summed E-state index contributed by atoms with van der Waals surface area (Å²) in [7, 11) is 0. The van der Waals surface area contributed by atoms with E-state index in [1.165, 1.54) is 5.56 Å². The summed E-state index contributed by atoms with van der Waals surface area (Å²) in [6, 6.07) is 3.54. The Balaban J connectivity index is 1.85. The number of nitrogens with one attached hydrogen (secondary N) is 4. The van der Waals surface area contributed by atoms with Crippen LogP contribution in [-0.2, 0) is 6.54 Å². The van der Waals surface area contributed by atoms with Gasteiger partial charge in [-0.1, -0.05) is 0 Å². The van der Waals surface area contributed by atoms with Gasteiger partial charge in [-0.15, -0.1) is 0 Å². The molecule has 0 aliphatic carbocycles. The molecular weight excluding hydrogens is 176 g/mol. The van der Waals surface area contributed by atoms with Crippen molar-refractivity contribution in [3.63, 3.8) is 0 Å². The van der Waals surface area contributed by atoms with E-state index >= 15 is 0 Å². The quantitative estimate of drug-likeness (QED) is 0.562. The van der Waals surface area contributed by atoms with Gasteiger partial charge in [-0.2, -0.15) is 0 Å². The van der Waals surface area contributed by atoms with Crippen molar-refractivity contribution in [1.82, 2.24) is 21.2 Å². The van der Waals surface area contributed by atoms with Crippen LogP contribution in [0.25, 0.3) is 0 Å². The van der Waals surface area contributed by atoms with Crippen molar-refractivity contribution >= 4 is 0 Å². The Bertz CT molecular complexity index is 260. The lowest BCUT2D eigenvalue weighted by Gasteiger charge is -2.19. The Hall–Kier alpha value is -0.840. The summed E-state index contributed by atoms with van der Waals surface area (Å²) < 4.78 is 0. The maximum absolute atomic E-state index is 3.54. The topological polar surface area (TPSA) is 51.9 Å². The second kappa shape index (κ2) is 4.13. The molecule has 14 heavy (non-hydrogen) atoms. The second-order valence-corrected chi connectivity index (χ2v) is 3.99. The van der Waals surface area contributed by atoms with Gasteiger partial charge in [0.25, 0.3) is 0 Å². The van der Waals surface area contributed by atoms with Crippen molar-refractivity contribution in [2.24, 2.45) is 0 Å². The summed E-state index contributed by atoms with van der Waals surface area (Å²) in [6.45, 7) is 5.29. The predicted octanol–water partition coefficient (Wildman–Crippen LogP) is 0.358. The van der Waals surface area contributed by atoms with E-state index in [0.717, 1.165) is 6.54 Å². The lowest BCUT2D eigenvalue weighted by atomic mass is 10.1. The minimum absolute atomic E-state index is 0.476. The van der Waals surface area contributed by atoms with Crippen molar-refractivity contribution in [3.05, 3.63) is 24.0 Å². The zero-order valence-electron chi connectivity index (χ0n) is 8.67. The molecule has 1 saturated heterocycles. The van der Waals surface area contributed by atoms with Gasteiger partial charge in [0.15, 0.2) is 0 Å². The number of hydrogen-bond donors (Lipinski definition) is 4. The Kier molecular flexibility index (Phi) is 2.86. The minimum atomic E-state index is 0.476. The molecule has 0 bridgehead atoms. The summed E-state index contributed by atoms with van der Waals surface area (Å²) in [4.78, 5) is 3.06. The van der Waals surface area contributed by atoms with Crippen molar-refractivity contribution in [2.45, 2.75) is 38.5 Å². The van der Waals surface area contributed by atoms with Crippen LogP contribution >= 0.6 is 0 Å². The van der Waals surface area contributed by atoms with E-state index < -0.39 is 0 Å². The lowest BCUT2D eigenvalue weighted by Crippen LogP contribution is -2.42. The average Bonchev–Trinajstić information content (AvgIpc) is 2.76. The molecule has 2 heterocycles. The SMILES string of the molecule is CC1NNC(C)C1NCc1cc[nH]c1. The fourth-order valence-electron chi connectivity index (χ4n) is 1.93. The van der Waals surface area contributed by atoms with Gasteiger partial charge in [-0.3, -0.25) is 10.9 Å². The smallest absolute Gasteiger partial charge is 0.0400 e. The van der Waals surface area contributed by atoms with E-state index in [2.05, 4.69) is 41.1 Å². The first kappa shape index (κ1) is 9.71. The predicted molar refractivity (Wildman–Crippen MR) is 56.6 cm³/mol. The third-order valence-electron chi connectivity index (χ3n) is 2.82. The van der Waals surface area contributed by atoms with Crippen LogP contribution in [0.5, 0.6) is 0 Å². The third kappa shape index (κ3) is 1.97. The number of hydrazine groups is 1. The van der Waals surface area contributed by atoms with Crippen LogP contribution in [0.15, 0.2) is 18.5 Å². The Morgan fingerprint density at radius 3 is 2.57 bits per heavy atom. The molecule has 1 fully saturated rings. The summed E-state index contributed by atoms with van der Waals surface area (Å²) in [5.74, 6) is 0. The highest BCUT2D eigenvalue weighted by Gasteiger charge is 2.28. The molecule has 0 saturated carbocycles. The molecule has 2 atom stereocenters. The molecule has 4 heteroatoms. The highest BCUT2D eigenvalue weighted by molar-refractivity contribution is 5.08. The molecule has 2 unspecified atom stereocenters. The normalized spacial score (nSPS) is 32.3. The summed E-state index contributed by atoms with van der Waals surface area (Å²) in [5.41, 5.74) is 7.76. The van der Waals surface area contributed by atoms with E-state index in [1.807, 2.05) is 12.4 Å². The standard InChI is InChI=1S/C10H18N4/c1-7-10(8(2)14-13-7)12-6-9-3-4-11-5-9/h3-5,7-8,10-14H,6H2,1-2H3. The minimum Gasteiger partial charge on any atom is -0.367 e. The van der Waals surface area contributed by atoms with Gasteiger partial charge < -0.3 is 10.3 Å². The van der Waals surface area contributed by atoms with Gasteiger partial charge in [0.1, 0.15) is 0 Å². The van der Waals surface area contributed by atoms with Crippen molar-refractivity contribution in [2.75, 3.05) is 0 Å². The highest BCUT2D eigenvalue weighted by atomic mass is 15.4. The van der Waals surface area contributed by atoms with Crippen LogP contribution in [-0.4, -0.2) is 23.1 Å². The molecule has 0 aromatic carbocycles. The molecule has 0 spiro atoms. The second-order valence-electron chi connectivity index (χ2n) is 3.99. The number of hydrogen-bond acceptors (Lipinski definition) is 3. The van der Waals surface area contributed by atoms with E-state index in [0.29, 0.717) is 18.1 Å². The van der Waals surface area contributed by atoms with Crippen LogP contribution in [0.1, 0.15) is 19.4 Å². The largest absolute Gasteiger partial charge is 0.367 e. The van der Waals surface area contributed by atoms with Gasteiger partial charge in [-0.05, 0) is 25.5 Å². The van der Waals surface area contributed by atoms with Crippen LogP contribution in [0.4, 0.5) is 0 Å². The highest BCUT2D eigenvalue weighted by Crippen LogP contribution is 2.06. The van der Waals surface area contributed by atoms with Crippen LogP contribution in [0, 0.1) is 0 Å². The molecule has 0 radical (unpaired) electrons. The van der Waals surface area contributed by atoms with Crippen LogP contribution in [0.3, 0.4) is 0 Å². The first-order valence-corrected chi connectivity index (χ1v) is 5.13. The van der Waals surface area contributed by atoms with Crippen molar-refractivity contribution < 1.29 is 0 Å². The molecule has 2 rings (SSSR count). The molecule has 1 aliphatic heterocycles. The summed E-state index contributed by atoms with van der Waals surface area (Å²) >= 11 is 0. The molecule has 1 aromatic rings. The fourth-order valence-corrected chi connectivity index (χ4v) is 1.93. The Morgan fingerprint density at radius 2 is 2.00 bits per heavy atom. The summed E-state index contributed by atoms with van der Waals surface area (Å²) in [5, 5.41) is 3.54. The van der Waals surface area contributed by atoms with Crippen molar-refractivity contribution in [1.29, 1.82) is 0 Å². The number of H-pyrrole nitrogens is 1. The first-order chi connectivity index (χ1) is 6.77. The zero-order chi connectivity index (χ0) is 9.97. The lowest BCUT2D eigenvalue weighted by molar-refractivity contribution is 0.446. The fraction of sp³-hybridized carbons (Fsp3) is 0.600. The number of aromatic amines is 1. The van der Waals surface area contributed by atoms with E-state index in [1.54, 1.807) is 0 Å². The maximum atomic E-state index is 3.54. The maximum Gasteiger partial charge on any atom is 0.0400 e. The van der Waals surface area contributed by atoms with Gasteiger partial charge >= 0.3 is 0 Å². The Morgan fingerprint density at radius 1 is 1.29 bits per heavy atom. The Labute approximate surface area is 84.4 Å². The van der Waals surface area contributed by atoms with Crippen LogP contribution in [0.2, 0.25) is 0 Å². The average molecular weight is 194 g/mol. The summed E-state index contributed by atoms with van der Waals surface area (Å²) in [6.07, 6.45) is 3.98. The van der Waals surface area contributed by atoms with Gasteiger partial charge in [-0.25, -0.2) is 0 Å². The third-order valence-corrected chi connectivity index (χ3v) is 2.82. The molecule has 0 amide bonds. The van der Waals surface area contributed by atoms with E-state index in [9.17, 15) is 0 Å². The molecule has 78 valence electrons. The molecule has 4 nitrogen and oxygen atoms in total. The van der Waals surface area contributed by atoms with E-state index in [4.69, 9.17) is 0 Å². The van der Waals surface area contributed by atoms with Crippen molar-refractivity contribution in [3.8, 4) is 0 Å². The van der Waals surface area contributed by atoms with Gasteiger partial charge in [0.05, 0.1) is 0 Å². The van der Waals surface area contributed by atoms with Gasteiger partial charge in [0, 0.05) is 37.1 Å². The zero-order valence-corrected chi connectivity index (χ0v) is 8.67.